The van der Waals surface area contributed by atoms with E-state index >= 15 is 0 Å². The van der Waals surface area contributed by atoms with Gasteiger partial charge in [-0.3, -0.25) is 9.36 Å². The fourth-order valence-corrected chi connectivity index (χ4v) is 3.77. The number of hydrogen-bond acceptors (Lipinski definition) is 6. The van der Waals surface area contributed by atoms with Crippen molar-refractivity contribution in [2.24, 2.45) is 0 Å². The lowest BCUT2D eigenvalue weighted by Crippen LogP contribution is -2.44. The third kappa shape index (κ3) is 7.22. The fraction of sp³-hybridized carbons (Fsp3) is 0.412. The van der Waals surface area contributed by atoms with Gasteiger partial charge >= 0.3 is 13.6 Å². The number of carbonyl (C=O) groups is 2. The van der Waals surface area contributed by atoms with Crippen LogP contribution in [-0.2, 0) is 23.1 Å². The summed E-state index contributed by atoms with van der Waals surface area (Å²) in [5, 5.41) is 2.53. The monoisotopic (exact) mass is 369 g/mol. The molecule has 1 aromatic rings. The molecule has 0 aliphatic carbocycles. The molecule has 0 aliphatic rings. The maximum Gasteiger partial charge on any atom is 0.333 e. The van der Waals surface area contributed by atoms with Crippen LogP contribution in [0.5, 0.6) is 0 Å². The normalized spacial score (nSPS) is 12.2. The van der Waals surface area contributed by atoms with E-state index in [-0.39, 0.29) is 26.0 Å². The van der Waals surface area contributed by atoms with Gasteiger partial charge in [-0.15, -0.1) is 0 Å². The van der Waals surface area contributed by atoms with Crippen LogP contribution >= 0.6 is 7.60 Å². The van der Waals surface area contributed by atoms with Crippen LogP contribution in [0.3, 0.4) is 0 Å². The summed E-state index contributed by atoms with van der Waals surface area (Å²) in [6, 6.07) is 7.20. The second kappa shape index (κ2) is 10.8. The molecule has 1 N–H and O–H groups in total. The van der Waals surface area contributed by atoms with Gasteiger partial charge in [-0.1, -0.05) is 30.9 Å². The molecule has 0 saturated carbocycles. The number of benzene rings is 1. The number of hydrogen-bond donors (Lipinski definition) is 1. The lowest BCUT2D eigenvalue weighted by Gasteiger charge is -2.23. The maximum absolute atomic E-state index is 12.7. The molecule has 0 bridgehead atoms. The van der Waals surface area contributed by atoms with E-state index in [1.54, 1.807) is 44.2 Å². The minimum atomic E-state index is -3.55. The summed E-state index contributed by atoms with van der Waals surface area (Å²) in [4.78, 5) is 24.6. The highest BCUT2D eigenvalue weighted by Gasteiger charge is 2.34. The molecule has 0 aliphatic heterocycles. The van der Waals surface area contributed by atoms with Crippen molar-refractivity contribution in [2.45, 2.75) is 19.9 Å². The predicted octanol–water partition coefficient (Wildman–Crippen LogP) is 2.78. The lowest BCUT2D eigenvalue weighted by molar-refractivity contribution is -0.144. The molecule has 0 fully saturated rings. The minimum Gasteiger partial charge on any atom is -0.460 e. The van der Waals surface area contributed by atoms with Gasteiger partial charge in [-0.2, -0.15) is 0 Å². The van der Waals surface area contributed by atoms with E-state index in [0.717, 1.165) is 0 Å². The standard InChI is InChI=1S/C17H24NO6P/c1-4-12-22-17(20)15(13-25(21,23-5-2)24-6-3)18-16(19)14-10-8-7-9-11-14/h4,7-11,15H,1,5-6,12-13H2,2-3H3,(H,18,19)/t15-/m0/s1. The Morgan fingerprint density at radius 2 is 1.80 bits per heavy atom. The highest BCUT2D eigenvalue weighted by atomic mass is 31.2. The maximum atomic E-state index is 12.7. The quantitative estimate of drug-likeness (QED) is 0.366. The first-order valence-corrected chi connectivity index (χ1v) is 9.70. The van der Waals surface area contributed by atoms with Crippen molar-refractivity contribution >= 4 is 19.5 Å². The molecule has 8 heteroatoms. The van der Waals surface area contributed by atoms with Gasteiger partial charge in [0.15, 0.2) is 0 Å². The SMILES string of the molecule is C=CCOC(=O)[C@H](CP(=O)(OCC)OCC)NC(=O)c1ccccc1. The van der Waals surface area contributed by atoms with Gasteiger partial charge in [0.05, 0.1) is 19.4 Å². The van der Waals surface area contributed by atoms with Crippen LogP contribution in [0, 0.1) is 0 Å². The van der Waals surface area contributed by atoms with Crippen LogP contribution in [0.25, 0.3) is 0 Å². The largest absolute Gasteiger partial charge is 0.460 e. The Bertz CT molecular complexity index is 609. The van der Waals surface area contributed by atoms with Crippen LogP contribution in [0.2, 0.25) is 0 Å². The molecule has 1 amide bonds. The number of amides is 1. The van der Waals surface area contributed by atoms with Crippen LogP contribution in [0.1, 0.15) is 24.2 Å². The first-order valence-electron chi connectivity index (χ1n) is 7.97. The van der Waals surface area contributed by atoms with E-state index in [0.29, 0.717) is 5.56 Å². The van der Waals surface area contributed by atoms with Crippen LogP contribution in [0.4, 0.5) is 0 Å². The molecule has 0 saturated heterocycles. The van der Waals surface area contributed by atoms with Gasteiger partial charge < -0.3 is 19.1 Å². The van der Waals surface area contributed by atoms with Crippen LogP contribution in [-0.4, -0.2) is 43.9 Å². The first-order chi connectivity index (χ1) is 12.0. The Morgan fingerprint density at radius 3 is 2.32 bits per heavy atom. The molecular weight excluding hydrogens is 345 g/mol. The molecule has 7 nitrogen and oxygen atoms in total. The molecule has 0 unspecified atom stereocenters. The second-order valence-corrected chi connectivity index (χ2v) is 7.04. The zero-order valence-electron chi connectivity index (χ0n) is 14.5. The van der Waals surface area contributed by atoms with Crippen molar-refractivity contribution in [2.75, 3.05) is 26.0 Å². The highest BCUT2D eigenvalue weighted by Crippen LogP contribution is 2.48. The Labute approximate surface area is 147 Å². The molecule has 0 spiro atoms. The zero-order chi connectivity index (χ0) is 18.7. The average Bonchev–Trinajstić information content (AvgIpc) is 2.60. The smallest absolute Gasteiger partial charge is 0.333 e. The summed E-state index contributed by atoms with van der Waals surface area (Å²) in [6.45, 7) is 7.08. The highest BCUT2D eigenvalue weighted by molar-refractivity contribution is 7.54. The summed E-state index contributed by atoms with van der Waals surface area (Å²) in [6.07, 6.45) is 1.09. The van der Waals surface area contributed by atoms with Crippen molar-refractivity contribution in [3.05, 3.63) is 48.6 Å². The molecule has 1 aromatic carbocycles. The lowest BCUT2D eigenvalue weighted by atomic mass is 10.2. The average molecular weight is 369 g/mol. The van der Waals surface area contributed by atoms with E-state index in [2.05, 4.69) is 11.9 Å². The number of esters is 1. The van der Waals surface area contributed by atoms with Crippen molar-refractivity contribution in [3.8, 4) is 0 Å². The second-order valence-electron chi connectivity index (χ2n) is 4.94. The van der Waals surface area contributed by atoms with Gasteiger partial charge in [0.2, 0.25) is 0 Å². The number of ether oxygens (including phenoxy) is 1. The number of carbonyl (C=O) groups excluding carboxylic acids is 2. The van der Waals surface area contributed by atoms with Crippen molar-refractivity contribution < 1.29 is 27.9 Å². The molecule has 0 heterocycles. The Kier molecular flexibility index (Phi) is 9.13. The molecule has 0 radical (unpaired) electrons. The Morgan fingerprint density at radius 1 is 1.20 bits per heavy atom. The summed E-state index contributed by atoms with van der Waals surface area (Å²) in [5.74, 6) is -1.22. The molecule has 1 rings (SSSR count). The van der Waals surface area contributed by atoms with Gasteiger partial charge in [0, 0.05) is 5.56 Å². The van der Waals surface area contributed by atoms with Crippen molar-refractivity contribution in [1.82, 2.24) is 5.32 Å². The Hall–Kier alpha value is -1.95. The summed E-state index contributed by atoms with van der Waals surface area (Å²) >= 11 is 0. The summed E-state index contributed by atoms with van der Waals surface area (Å²) in [7, 11) is -3.55. The zero-order valence-corrected chi connectivity index (χ0v) is 15.4. The Balaban J connectivity index is 2.95. The van der Waals surface area contributed by atoms with Gasteiger partial charge in [-0.05, 0) is 26.0 Å². The summed E-state index contributed by atoms with van der Waals surface area (Å²) < 4.78 is 28.1. The fourth-order valence-electron chi connectivity index (χ4n) is 2.01. The van der Waals surface area contributed by atoms with Gasteiger partial charge in [0.1, 0.15) is 12.6 Å². The van der Waals surface area contributed by atoms with Crippen molar-refractivity contribution in [1.29, 1.82) is 0 Å². The topological polar surface area (TPSA) is 90.9 Å². The van der Waals surface area contributed by atoms with Crippen molar-refractivity contribution in [3.63, 3.8) is 0 Å². The molecular formula is C17H24NO6P. The minimum absolute atomic E-state index is 0.0237. The van der Waals surface area contributed by atoms with E-state index < -0.39 is 25.5 Å². The van der Waals surface area contributed by atoms with Crippen LogP contribution in [0.15, 0.2) is 43.0 Å². The van der Waals surface area contributed by atoms with E-state index in [9.17, 15) is 14.2 Å². The molecule has 138 valence electrons. The predicted molar refractivity (Wildman–Crippen MR) is 94.6 cm³/mol. The van der Waals surface area contributed by atoms with Gasteiger partial charge in [0.25, 0.3) is 5.91 Å². The van der Waals surface area contributed by atoms with Crippen LogP contribution < -0.4 is 5.32 Å². The first kappa shape index (κ1) is 21.1. The third-order valence-corrected chi connectivity index (χ3v) is 5.14. The number of nitrogens with one attached hydrogen (secondary N) is 1. The van der Waals surface area contributed by atoms with E-state index in [4.69, 9.17) is 13.8 Å². The van der Waals surface area contributed by atoms with E-state index in [1.807, 2.05) is 0 Å². The van der Waals surface area contributed by atoms with E-state index in [1.165, 1.54) is 6.08 Å². The number of rotatable bonds is 11. The molecule has 0 aromatic heterocycles. The molecule has 25 heavy (non-hydrogen) atoms. The van der Waals surface area contributed by atoms with Gasteiger partial charge in [-0.25, -0.2) is 4.79 Å². The summed E-state index contributed by atoms with van der Waals surface area (Å²) in [5.41, 5.74) is 0.367. The molecule has 1 atom stereocenters. The third-order valence-electron chi connectivity index (χ3n) is 3.03.